The largest absolute Gasteiger partial charge is 0.359 e. The Labute approximate surface area is 84.8 Å². The minimum atomic E-state index is -2.57. The van der Waals surface area contributed by atoms with Crippen LogP contribution in [0.2, 0.25) is 0 Å². The first kappa shape index (κ1) is 11.4. The molecule has 0 aromatic carbocycles. The fraction of sp³-hybridized carbons (Fsp3) is 0.500. The number of halogens is 2. The number of aromatic nitrogens is 1. The van der Waals surface area contributed by atoms with Crippen LogP contribution in [0.5, 0.6) is 0 Å². The molecule has 1 rings (SSSR count). The number of aryl methyl sites for hydroxylation is 2. The summed E-state index contributed by atoms with van der Waals surface area (Å²) in [7, 11) is 0. The molecule has 5 nitrogen and oxygen atoms in total. The zero-order valence-corrected chi connectivity index (χ0v) is 8.30. The molecular formula is C8H11F2N3O2. The smallest absolute Gasteiger partial charge is 0.319 e. The Morgan fingerprint density at radius 3 is 2.67 bits per heavy atom. The SMILES string of the molecule is Cc1noc(C)c1NC(=O)NCC(F)F. The maximum Gasteiger partial charge on any atom is 0.319 e. The van der Waals surface area contributed by atoms with Crippen LogP contribution in [0.4, 0.5) is 19.3 Å². The highest BCUT2D eigenvalue weighted by Crippen LogP contribution is 2.18. The lowest BCUT2D eigenvalue weighted by atomic mass is 10.3. The maximum absolute atomic E-state index is 11.8. The average Bonchev–Trinajstić information content (AvgIpc) is 2.46. The summed E-state index contributed by atoms with van der Waals surface area (Å²) in [5.41, 5.74) is 0.904. The summed E-state index contributed by atoms with van der Waals surface area (Å²) in [6, 6.07) is -0.704. The summed E-state index contributed by atoms with van der Waals surface area (Å²) in [6.07, 6.45) is -2.57. The standard InChI is InChI=1S/C8H11F2N3O2/c1-4-7(5(2)15-13-4)12-8(14)11-3-6(9)10/h6H,3H2,1-2H3,(H2,11,12,14). The third-order valence-electron chi connectivity index (χ3n) is 1.69. The van der Waals surface area contributed by atoms with Crippen LogP contribution >= 0.6 is 0 Å². The molecule has 0 atom stereocenters. The number of alkyl halides is 2. The van der Waals surface area contributed by atoms with Crippen LogP contribution in [0, 0.1) is 13.8 Å². The molecule has 0 radical (unpaired) electrons. The molecule has 7 heteroatoms. The topological polar surface area (TPSA) is 67.2 Å². The number of amides is 2. The number of anilines is 1. The fourth-order valence-electron chi connectivity index (χ4n) is 0.989. The van der Waals surface area contributed by atoms with Crippen molar-refractivity contribution in [3.8, 4) is 0 Å². The molecule has 0 aliphatic heterocycles. The zero-order chi connectivity index (χ0) is 11.4. The molecule has 0 aliphatic carbocycles. The molecular weight excluding hydrogens is 208 g/mol. The summed E-state index contributed by atoms with van der Waals surface area (Å²) in [6.45, 7) is 2.57. The molecule has 1 aromatic rings. The van der Waals surface area contributed by atoms with E-state index < -0.39 is 19.0 Å². The summed E-state index contributed by atoms with van der Waals surface area (Å²) in [5, 5.41) is 7.98. The van der Waals surface area contributed by atoms with Gasteiger partial charge < -0.3 is 15.2 Å². The van der Waals surface area contributed by atoms with Crippen molar-refractivity contribution in [3.63, 3.8) is 0 Å². The normalized spacial score (nSPS) is 10.5. The van der Waals surface area contributed by atoms with E-state index in [1.807, 2.05) is 5.32 Å². The molecule has 2 N–H and O–H groups in total. The number of hydrogen-bond donors (Lipinski definition) is 2. The van der Waals surface area contributed by atoms with Gasteiger partial charge in [-0.2, -0.15) is 0 Å². The number of urea groups is 1. The Morgan fingerprint density at radius 2 is 2.20 bits per heavy atom. The van der Waals surface area contributed by atoms with Gasteiger partial charge in [-0.1, -0.05) is 5.16 Å². The third-order valence-corrected chi connectivity index (χ3v) is 1.69. The molecule has 84 valence electrons. The number of rotatable bonds is 3. The highest BCUT2D eigenvalue weighted by molar-refractivity contribution is 5.90. The van der Waals surface area contributed by atoms with Gasteiger partial charge in [-0.25, -0.2) is 13.6 Å². The van der Waals surface area contributed by atoms with Gasteiger partial charge in [-0.05, 0) is 13.8 Å². The maximum atomic E-state index is 11.8. The van der Waals surface area contributed by atoms with Gasteiger partial charge in [0.2, 0.25) is 0 Å². The van der Waals surface area contributed by atoms with E-state index in [0.717, 1.165) is 0 Å². The van der Waals surface area contributed by atoms with Gasteiger partial charge in [0, 0.05) is 0 Å². The summed E-state index contributed by atoms with van der Waals surface area (Å²) < 4.78 is 28.3. The predicted octanol–water partition coefficient (Wildman–Crippen LogP) is 1.68. The van der Waals surface area contributed by atoms with Crippen LogP contribution in [0.3, 0.4) is 0 Å². The first-order valence-electron chi connectivity index (χ1n) is 4.26. The van der Waals surface area contributed by atoms with Crippen LogP contribution < -0.4 is 10.6 Å². The molecule has 0 unspecified atom stereocenters. The van der Waals surface area contributed by atoms with Crippen LogP contribution in [0.1, 0.15) is 11.5 Å². The van der Waals surface area contributed by atoms with Crippen LogP contribution in [-0.2, 0) is 0 Å². The molecule has 0 saturated carbocycles. The van der Waals surface area contributed by atoms with Crippen molar-refractivity contribution < 1.29 is 18.1 Å². The lowest BCUT2D eigenvalue weighted by Gasteiger charge is -2.05. The number of nitrogens with zero attached hydrogens (tertiary/aromatic N) is 1. The van der Waals surface area contributed by atoms with E-state index in [-0.39, 0.29) is 0 Å². The molecule has 0 fully saturated rings. The molecule has 0 aliphatic rings. The Hall–Kier alpha value is -1.66. The Kier molecular flexibility index (Phi) is 3.59. The Balaban J connectivity index is 2.51. The van der Waals surface area contributed by atoms with Crippen LogP contribution in [0.15, 0.2) is 4.52 Å². The first-order valence-corrected chi connectivity index (χ1v) is 4.26. The van der Waals surface area contributed by atoms with Gasteiger partial charge in [0.15, 0.2) is 5.76 Å². The first-order chi connectivity index (χ1) is 7.00. The predicted molar refractivity (Wildman–Crippen MR) is 49.0 cm³/mol. The van der Waals surface area contributed by atoms with Crippen molar-refractivity contribution in [1.29, 1.82) is 0 Å². The van der Waals surface area contributed by atoms with Crippen LogP contribution in [-0.4, -0.2) is 24.2 Å². The quantitative estimate of drug-likeness (QED) is 0.812. The van der Waals surface area contributed by atoms with Gasteiger partial charge in [-0.15, -0.1) is 0 Å². The highest BCUT2D eigenvalue weighted by Gasteiger charge is 2.12. The third kappa shape index (κ3) is 3.19. The zero-order valence-electron chi connectivity index (χ0n) is 8.30. The Morgan fingerprint density at radius 1 is 1.53 bits per heavy atom. The van der Waals surface area contributed by atoms with Gasteiger partial charge in [0.25, 0.3) is 6.43 Å². The number of hydrogen-bond acceptors (Lipinski definition) is 3. The average molecular weight is 219 g/mol. The van der Waals surface area contributed by atoms with Crippen molar-refractivity contribution in [2.75, 3.05) is 11.9 Å². The van der Waals surface area contributed by atoms with Crippen molar-refractivity contribution >= 4 is 11.7 Å². The molecule has 2 amide bonds. The van der Waals surface area contributed by atoms with Crippen molar-refractivity contribution in [3.05, 3.63) is 11.5 Å². The summed E-state index contributed by atoms with van der Waals surface area (Å²) in [4.78, 5) is 11.1. The second kappa shape index (κ2) is 4.72. The molecule has 0 saturated heterocycles. The summed E-state index contributed by atoms with van der Waals surface area (Å²) in [5.74, 6) is 0.430. The second-order valence-electron chi connectivity index (χ2n) is 2.93. The van der Waals surface area contributed by atoms with E-state index in [0.29, 0.717) is 17.1 Å². The van der Waals surface area contributed by atoms with E-state index in [1.165, 1.54) is 0 Å². The monoisotopic (exact) mass is 219 g/mol. The number of carbonyl (C=O) groups excluding carboxylic acids is 1. The summed E-state index contributed by atoms with van der Waals surface area (Å²) >= 11 is 0. The minimum absolute atomic E-state index is 0.404. The van der Waals surface area contributed by atoms with Gasteiger partial charge in [0.05, 0.1) is 6.54 Å². The van der Waals surface area contributed by atoms with E-state index in [1.54, 1.807) is 13.8 Å². The lowest BCUT2D eigenvalue weighted by molar-refractivity contribution is 0.148. The van der Waals surface area contributed by atoms with Gasteiger partial charge >= 0.3 is 6.03 Å². The Bertz CT molecular complexity index is 332. The molecule has 0 bridgehead atoms. The van der Waals surface area contributed by atoms with Crippen LogP contribution in [0.25, 0.3) is 0 Å². The fourth-order valence-corrected chi connectivity index (χ4v) is 0.989. The van der Waals surface area contributed by atoms with Crippen molar-refractivity contribution in [2.24, 2.45) is 0 Å². The van der Waals surface area contributed by atoms with E-state index in [9.17, 15) is 13.6 Å². The molecule has 1 aromatic heterocycles. The second-order valence-corrected chi connectivity index (χ2v) is 2.93. The van der Waals surface area contributed by atoms with Gasteiger partial charge in [0.1, 0.15) is 11.4 Å². The molecule has 15 heavy (non-hydrogen) atoms. The van der Waals surface area contributed by atoms with E-state index in [4.69, 9.17) is 4.52 Å². The molecule has 0 spiro atoms. The lowest BCUT2D eigenvalue weighted by Crippen LogP contribution is -2.32. The highest BCUT2D eigenvalue weighted by atomic mass is 19.3. The minimum Gasteiger partial charge on any atom is -0.359 e. The van der Waals surface area contributed by atoms with Crippen molar-refractivity contribution in [1.82, 2.24) is 10.5 Å². The number of carbonyl (C=O) groups is 1. The number of nitrogens with one attached hydrogen (secondary N) is 2. The van der Waals surface area contributed by atoms with E-state index >= 15 is 0 Å². The van der Waals surface area contributed by atoms with E-state index in [2.05, 4.69) is 10.5 Å². The van der Waals surface area contributed by atoms with Gasteiger partial charge in [-0.3, -0.25) is 0 Å². The van der Waals surface area contributed by atoms with Crippen molar-refractivity contribution in [2.45, 2.75) is 20.3 Å². The molecule has 1 heterocycles.